The maximum absolute atomic E-state index is 12.3. The number of hydrogen-bond acceptors (Lipinski definition) is 5. The van der Waals surface area contributed by atoms with Gasteiger partial charge in [0.15, 0.2) is 9.84 Å². The predicted molar refractivity (Wildman–Crippen MR) is 107 cm³/mol. The molecule has 0 amide bonds. The van der Waals surface area contributed by atoms with Gasteiger partial charge in [0.2, 0.25) is 0 Å². The summed E-state index contributed by atoms with van der Waals surface area (Å²) in [5.74, 6) is 0. The SMILES string of the molecule is CC(C)OC(=O)n1[c]c(-c2ccc(Cl)cc2)c(-c2ccc(S(C)(=O)=O)cc2)n1. The van der Waals surface area contributed by atoms with Crippen LogP contribution in [0.4, 0.5) is 4.79 Å². The van der Waals surface area contributed by atoms with Crippen molar-refractivity contribution in [2.24, 2.45) is 0 Å². The van der Waals surface area contributed by atoms with E-state index in [1.807, 2.05) is 0 Å². The summed E-state index contributed by atoms with van der Waals surface area (Å²) in [6.45, 7) is 3.48. The highest BCUT2D eigenvalue weighted by Gasteiger charge is 2.19. The Morgan fingerprint density at radius 2 is 1.64 bits per heavy atom. The number of hydrogen-bond donors (Lipinski definition) is 0. The number of ether oxygens (including phenoxy) is 1. The van der Waals surface area contributed by atoms with Gasteiger partial charge in [0, 0.05) is 22.4 Å². The number of nitrogens with zero attached hydrogens (tertiary/aromatic N) is 2. The predicted octanol–water partition coefficient (Wildman–Crippen LogP) is 4.47. The number of carbonyl (C=O) groups excluding carboxylic acids is 1. The first kappa shape index (κ1) is 20.1. The Kier molecular flexibility index (Phi) is 5.58. The van der Waals surface area contributed by atoms with Crippen LogP contribution in [-0.4, -0.2) is 36.7 Å². The van der Waals surface area contributed by atoms with Crippen LogP contribution in [0.15, 0.2) is 53.4 Å². The summed E-state index contributed by atoms with van der Waals surface area (Å²) in [6.07, 6.45) is 3.13. The van der Waals surface area contributed by atoms with Crippen molar-refractivity contribution in [2.75, 3.05) is 6.26 Å². The molecule has 8 heteroatoms. The average molecular weight is 418 g/mol. The smallest absolute Gasteiger partial charge is 0.435 e. The minimum absolute atomic E-state index is 0.201. The van der Waals surface area contributed by atoms with Gasteiger partial charge >= 0.3 is 6.09 Å². The average Bonchev–Trinajstić information content (AvgIpc) is 3.07. The molecule has 3 rings (SSSR count). The Bertz CT molecular complexity index is 1100. The lowest BCUT2D eigenvalue weighted by atomic mass is 10.0. The van der Waals surface area contributed by atoms with Crippen LogP contribution in [0.3, 0.4) is 0 Å². The molecule has 2 aromatic carbocycles. The van der Waals surface area contributed by atoms with E-state index in [0.29, 0.717) is 21.8 Å². The minimum atomic E-state index is -3.31. The Hall–Kier alpha value is -2.64. The number of benzene rings is 2. The first-order chi connectivity index (χ1) is 13.1. The molecule has 0 bridgehead atoms. The molecule has 0 aliphatic carbocycles. The van der Waals surface area contributed by atoms with E-state index < -0.39 is 15.9 Å². The Morgan fingerprint density at radius 3 is 2.18 bits per heavy atom. The Morgan fingerprint density at radius 1 is 1.07 bits per heavy atom. The summed E-state index contributed by atoms with van der Waals surface area (Å²) < 4.78 is 29.6. The van der Waals surface area contributed by atoms with Crippen molar-refractivity contribution in [3.05, 3.63) is 59.8 Å². The summed E-state index contributed by atoms with van der Waals surface area (Å²) >= 11 is 5.97. The van der Waals surface area contributed by atoms with Crippen molar-refractivity contribution < 1.29 is 17.9 Å². The first-order valence-electron chi connectivity index (χ1n) is 8.45. The molecule has 0 atom stereocenters. The Balaban J connectivity index is 2.11. The molecule has 1 heterocycles. The second-order valence-electron chi connectivity index (χ2n) is 6.48. The highest BCUT2D eigenvalue weighted by Crippen LogP contribution is 2.32. The molecule has 0 aliphatic rings. The molecule has 0 saturated heterocycles. The van der Waals surface area contributed by atoms with Crippen LogP contribution in [0.25, 0.3) is 22.4 Å². The Labute approximate surface area is 168 Å². The zero-order chi connectivity index (χ0) is 20.5. The lowest BCUT2D eigenvalue weighted by Gasteiger charge is -2.06. The molecule has 28 heavy (non-hydrogen) atoms. The topological polar surface area (TPSA) is 78.3 Å². The van der Waals surface area contributed by atoms with Crippen LogP contribution >= 0.6 is 11.6 Å². The van der Waals surface area contributed by atoms with Gasteiger partial charge in [-0.05, 0) is 43.7 Å². The van der Waals surface area contributed by atoms with E-state index in [-0.39, 0.29) is 11.0 Å². The fraction of sp³-hybridized carbons (Fsp3) is 0.200. The molecular weight excluding hydrogens is 400 g/mol. The van der Waals surface area contributed by atoms with Crippen LogP contribution in [0.2, 0.25) is 5.02 Å². The van der Waals surface area contributed by atoms with E-state index in [1.54, 1.807) is 50.2 Å². The van der Waals surface area contributed by atoms with Gasteiger partial charge in [-0.3, -0.25) is 0 Å². The van der Waals surface area contributed by atoms with Crippen molar-refractivity contribution in [1.82, 2.24) is 9.78 Å². The highest BCUT2D eigenvalue weighted by atomic mass is 35.5. The molecule has 6 nitrogen and oxygen atoms in total. The lowest BCUT2D eigenvalue weighted by molar-refractivity contribution is 0.114. The van der Waals surface area contributed by atoms with E-state index in [2.05, 4.69) is 11.3 Å². The van der Waals surface area contributed by atoms with Crippen LogP contribution in [0.5, 0.6) is 0 Å². The summed E-state index contributed by atoms with van der Waals surface area (Å²) in [6, 6.07) is 13.3. The molecule has 0 N–H and O–H groups in total. The van der Waals surface area contributed by atoms with E-state index in [1.165, 1.54) is 12.1 Å². The third kappa shape index (κ3) is 4.43. The third-order valence-corrected chi connectivity index (χ3v) is 5.23. The quantitative estimate of drug-likeness (QED) is 0.625. The number of rotatable bonds is 4. The summed E-state index contributed by atoms with van der Waals surface area (Å²) in [7, 11) is -3.31. The van der Waals surface area contributed by atoms with E-state index in [0.717, 1.165) is 16.5 Å². The molecule has 145 valence electrons. The second kappa shape index (κ2) is 7.77. The molecule has 1 aromatic heterocycles. The largest absolute Gasteiger partial charge is 0.445 e. The van der Waals surface area contributed by atoms with Gasteiger partial charge in [-0.15, -0.1) is 0 Å². The van der Waals surface area contributed by atoms with Crippen molar-refractivity contribution in [3.8, 4) is 22.4 Å². The third-order valence-electron chi connectivity index (χ3n) is 3.85. The molecule has 0 aliphatic heterocycles. The van der Waals surface area contributed by atoms with Crippen molar-refractivity contribution in [1.29, 1.82) is 0 Å². The molecule has 0 unspecified atom stereocenters. The highest BCUT2D eigenvalue weighted by molar-refractivity contribution is 7.90. The molecule has 3 aromatic rings. The zero-order valence-electron chi connectivity index (χ0n) is 15.5. The van der Waals surface area contributed by atoms with Crippen LogP contribution in [0, 0.1) is 6.20 Å². The van der Waals surface area contributed by atoms with Crippen molar-refractivity contribution in [2.45, 2.75) is 24.8 Å². The first-order valence-corrected chi connectivity index (χ1v) is 10.7. The maximum atomic E-state index is 12.3. The summed E-state index contributed by atoms with van der Waals surface area (Å²) in [4.78, 5) is 12.5. The van der Waals surface area contributed by atoms with Gasteiger partial charge in [-0.2, -0.15) is 9.78 Å². The number of sulfone groups is 1. The monoisotopic (exact) mass is 417 g/mol. The van der Waals surface area contributed by atoms with Crippen LogP contribution in [-0.2, 0) is 14.6 Å². The van der Waals surface area contributed by atoms with E-state index >= 15 is 0 Å². The fourth-order valence-corrected chi connectivity index (χ4v) is 3.31. The molecule has 0 fully saturated rings. The molecule has 0 saturated carbocycles. The summed E-state index contributed by atoms with van der Waals surface area (Å²) in [5.41, 5.74) is 2.45. The van der Waals surface area contributed by atoms with E-state index in [4.69, 9.17) is 16.3 Å². The van der Waals surface area contributed by atoms with Crippen molar-refractivity contribution in [3.63, 3.8) is 0 Å². The normalized spacial score (nSPS) is 11.6. The molecule has 0 spiro atoms. The van der Waals surface area contributed by atoms with Gasteiger partial charge in [-0.1, -0.05) is 35.9 Å². The number of carbonyl (C=O) groups is 1. The van der Waals surface area contributed by atoms with Gasteiger partial charge in [-0.25, -0.2) is 13.2 Å². The standard InChI is InChI=1S/C20H18ClN2O4S/c1-13(2)27-20(24)23-12-18(14-4-8-16(21)9-5-14)19(22-23)15-6-10-17(11-7-15)28(3,25)26/h4-11,13H,1-3H3. The molecule has 1 radical (unpaired) electrons. The van der Waals surface area contributed by atoms with Crippen LogP contribution < -0.4 is 0 Å². The van der Waals surface area contributed by atoms with Gasteiger partial charge in [0.05, 0.1) is 11.0 Å². The van der Waals surface area contributed by atoms with Gasteiger partial charge in [0.1, 0.15) is 11.9 Å². The molecular formula is C20H18ClN2O4S. The van der Waals surface area contributed by atoms with Crippen LogP contribution in [0.1, 0.15) is 13.8 Å². The number of aromatic nitrogens is 2. The lowest BCUT2D eigenvalue weighted by Crippen LogP contribution is -2.18. The fourth-order valence-electron chi connectivity index (χ4n) is 2.55. The zero-order valence-corrected chi connectivity index (χ0v) is 17.1. The van der Waals surface area contributed by atoms with E-state index in [9.17, 15) is 13.2 Å². The van der Waals surface area contributed by atoms with Crippen molar-refractivity contribution >= 4 is 27.5 Å². The number of halogens is 1. The van der Waals surface area contributed by atoms with Gasteiger partial charge < -0.3 is 4.74 Å². The minimum Gasteiger partial charge on any atom is -0.445 e. The van der Waals surface area contributed by atoms with Gasteiger partial charge in [0.25, 0.3) is 0 Å². The second-order valence-corrected chi connectivity index (χ2v) is 8.94. The summed E-state index contributed by atoms with van der Waals surface area (Å²) in [5, 5.41) is 4.91. The maximum Gasteiger partial charge on any atom is 0.435 e.